The predicted octanol–water partition coefficient (Wildman–Crippen LogP) is 7.05. The standard InChI is InChI=1S/C24H33OP/c1-3-5-6-7-8-11-16-22(4-2)21-26(25,23-17-12-9-13-18-23)24-19-14-10-15-20-24/h9-10,12-15,17-21H,3-8,11,16H2,1-2H3/b22-21-/i2D,21D. The Morgan fingerprint density at radius 1 is 0.923 bits per heavy atom. The Morgan fingerprint density at radius 3 is 2.00 bits per heavy atom. The van der Waals surface area contributed by atoms with E-state index in [1.807, 2.05) is 60.7 Å². The summed E-state index contributed by atoms with van der Waals surface area (Å²) in [6.45, 7) is 2.45. The Kier molecular flexibility index (Phi) is 7.66. The van der Waals surface area contributed by atoms with Crippen molar-refractivity contribution in [1.82, 2.24) is 0 Å². The third kappa shape index (κ3) is 5.99. The Morgan fingerprint density at radius 2 is 1.46 bits per heavy atom. The molecule has 0 aromatic heterocycles. The van der Waals surface area contributed by atoms with E-state index in [9.17, 15) is 4.57 Å². The highest BCUT2D eigenvalue weighted by Crippen LogP contribution is 2.46. The van der Waals surface area contributed by atoms with Gasteiger partial charge < -0.3 is 4.57 Å². The quantitative estimate of drug-likeness (QED) is 0.306. The number of allylic oxidation sites excluding steroid dienone is 1. The van der Waals surface area contributed by atoms with Gasteiger partial charge in [-0.25, -0.2) is 0 Å². The normalized spacial score (nSPS) is 13.7. The Labute approximate surface area is 162 Å². The number of hydrogen-bond donors (Lipinski definition) is 0. The lowest BCUT2D eigenvalue weighted by atomic mass is 10.0. The summed E-state index contributed by atoms with van der Waals surface area (Å²) in [5.41, 5.74) is 0.890. The molecule has 2 aromatic carbocycles. The maximum Gasteiger partial charge on any atom is 0.164 e. The first-order valence-corrected chi connectivity index (χ1v) is 11.5. The van der Waals surface area contributed by atoms with Crippen LogP contribution in [-0.4, -0.2) is 0 Å². The Hall–Kier alpha value is -1.59. The molecule has 0 fully saturated rings. The summed E-state index contributed by atoms with van der Waals surface area (Å²) >= 11 is 0. The van der Waals surface area contributed by atoms with Gasteiger partial charge in [-0.1, -0.05) is 112 Å². The first kappa shape index (κ1) is 17.8. The third-order valence-electron chi connectivity index (χ3n) is 4.69. The van der Waals surface area contributed by atoms with Crippen molar-refractivity contribution in [2.24, 2.45) is 0 Å². The van der Waals surface area contributed by atoms with Crippen LogP contribution in [0.25, 0.3) is 0 Å². The minimum atomic E-state index is -3.20. The lowest BCUT2D eigenvalue weighted by molar-refractivity contribution is 0.590. The molecule has 0 unspecified atom stereocenters. The van der Waals surface area contributed by atoms with Crippen molar-refractivity contribution in [3.05, 3.63) is 72.0 Å². The molecule has 140 valence electrons. The highest BCUT2D eigenvalue weighted by Gasteiger charge is 2.24. The molecule has 0 radical (unpaired) electrons. The van der Waals surface area contributed by atoms with Gasteiger partial charge in [0.05, 0.1) is 1.37 Å². The summed E-state index contributed by atoms with van der Waals surface area (Å²) in [6, 6.07) is 18.8. The zero-order valence-electron chi connectivity index (χ0n) is 18.0. The van der Waals surface area contributed by atoms with Crippen molar-refractivity contribution in [2.45, 2.75) is 65.2 Å². The van der Waals surface area contributed by atoms with Crippen LogP contribution in [-0.2, 0) is 4.57 Å². The van der Waals surface area contributed by atoms with E-state index in [4.69, 9.17) is 2.74 Å². The van der Waals surface area contributed by atoms with Crippen LogP contribution in [0.1, 0.15) is 67.9 Å². The number of rotatable bonds is 11. The molecule has 0 saturated heterocycles. The van der Waals surface area contributed by atoms with E-state index in [2.05, 4.69) is 6.92 Å². The second-order valence-electron chi connectivity index (χ2n) is 6.76. The second-order valence-corrected chi connectivity index (χ2v) is 9.24. The first-order chi connectivity index (χ1) is 13.6. The average Bonchev–Trinajstić information content (AvgIpc) is 2.75. The number of unbranched alkanes of at least 4 members (excludes halogenated alkanes) is 5. The summed E-state index contributed by atoms with van der Waals surface area (Å²) in [7, 11) is -3.20. The summed E-state index contributed by atoms with van der Waals surface area (Å²) in [5, 5.41) is 1.41. The van der Waals surface area contributed by atoms with Crippen LogP contribution in [0.15, 0.2) is 72.0 Å². The second kappa shape index (κ2) is 11.2. The monoisotopic (exact) mass is 370 g/mol. The van der Waals surface area contributed by atoms with Crippen LogP contribution in [0, 0.1) is 0 Å². The lowest BCUT2D eigenvalue weighted by Gasteiger charge is -2.18. The topological polar surface area (TPSA) is 17.1 Å². The molecule has 0 aliphatic rings. The van der Waals surface area contributed by atoms with Crippen molar-refractivity contribution >= 4 is 17.8 Å². The molecule has 0 spiro atoms. The van der Waals surface area contributed by atoms with Crippen LogP contribution < -0.4 is 10.6 Å². The van der Waals surface area contributed by atoms with Crippen LogP contribution in [0.3, 0.4) is 0 Å². The van der Waals surface area contributed by atoms with E-state index in [0.717, 1.165) is 24.8 Å². The molecule has 26 heavy (non-hydrogen) atoms. The highest BCUT2D eigenvalue weighted by atomic mass is 31.2. The molecule has 0 aliphatic carbocycles. The molecule has 2 rings (SSSR count). The van der Waals surface area contributed by atoms with Gasteiger partial charge in [0.15, 0.2) is 7.14 Å². The fourth-order valence-electron chi connectivity index (χ4n) is 3.13. The SMILES string of the molecule is [2H]CC/C(CCCCCCCC)=C(\[2H])P(=O)(c1ccccc1)c1ccccc1. The van der Waals surface area contributed by atoms with E-state index in [1.54, 1.807) is 0 Å². The summed E-state index contributed by atoms with van der Waals surface area (Å²) in [5.74, 6) is 0.241. The average molecular weight is 371 g/mol. The van der Waals surface area contributed by atoms with Gasteiger partial charge in [-0.3, -0.25) is 0 Å². The molecule has 2 aromatic rings. The summed E-state index contributed by atoms with van der Waals surface area (Å²) in [4.78, 5) is 0. The Balaban J connectivity index is 2.34. The summed E-state index contributed by atoms with van der Waals surface area (Å²) < 4.78 is 30.9. The van der Waals surface area contributed by atoms with E-state index in [-0.39, 0.29) is 12.7 Å². The maximum absolute atomic E-state index is 14.3. The third-order valence-corrected chi connectivity index (χ3v) is 7.37. The fourth-order valence-corrected chi connectivity index (χ4v) is 5.54. The first-order valence-electron chi connectivity index (χ1n) is 11.0. The van der Waals surface area contributed by atoms with Gasteiger partial charge in [-0.05, 0) is 25.1 Å². The molecule has 0 atom stereocenters. The lowest BCUT2D eigenvalue weighted by Crippen LogP contribution is -2.14. The largest absolute Gasteiger partial charge is 0.309 e. The van der Waals surface area contributed by atoms with Crippen LogP contribution in [0.4, 0.5) is 0 Å². The van der Waals surface area contributed by atoms with Gasteiger partial charge in [0, 0.05) is 12.0 Å². The van der Waals surface area contributed by atoms with Gasteiger partial charge in [0.25, 0.3) is 0 Å². The zero-order chi connectivity index (χ0) is 20.2. The zero-order valence-corrected chi connectivity index (χ0v) is 16.9. The van der Waals surface area contributed by atoms with Crippen molar-refractivity contribution in [3.8, 4) is 0 Å². The minimum Gasteiger partial charge on any atom is -0.309 e. The Bertz CT molecular complexity index is 728. The molecular formula is C24H33OP. The molecule has 0 amide bonds. The van der Waals surface area contributed by atoms with E-state index >= 15 is 0 Å². The molecule has 0 heterocycles. The molecule has 1 nitrogen and oxygen atoms in total. The predicted molar refractivity (Wildman–Crippen MR) is 116 cm³/mol. The smallest absolute Gasteiger partial charge is 0.164 e. The van der Waals surface area contributed by atoms with E-state index < -0.39 is 7.14 Å². The van der Waals surface area contributed by atoms with Gasteiger partial charge in [0.1, 0.15) is 0 Å². The van der Waals surface area contributed by atoms with Crippen molar-refractivity contribution in [2.75, 3.05) is 0 Å². The van der Waals surface area contributed by atoms with Gasteiger partial charge in [-0.2, -0.15) is 0 Å². The highest BCUT2D eigenvalue weighted by molar-refractivity contribution is 7.81. The van der Waals surface area contributed by atoms with E-state index in [0.29, 0.717) is 17.0 Å². The van der Waals surface area contributed by atoms with Crippen molar-refractivity contribution in [1.29, 1.82) is 0 Å². The minimum absolute atomic E-state index is 0.233. The van der Waals surface area contributed by atoms with Gasteiger partial charge in [0.2, 0.25) is 0 Å². The maximum atomic E-state index is 14.3. The summed E-state index contributed by atoms with van der Waals surface area (Å²) in [6.07, 6.45) is 8.42. The van der Waals surface area contributed by atoms with Crippen molar-refractivity contribution < 1.29 is 7.31 Å². The van der Waals surface area contributed by atoms with E-state index in [1.165, 1.54) is 25.7 Å². The fraction of sp³-hybridized carbons (Fsp3) is 0.417. The van der Waals surface area contributed by atoms with Crippen LogP contribution in [0.5, 0.6) is 0 Å². The number of benzene rings is 2. The molecule has 0 saturated carbocycles. The van der Waals surface area contributed by atoms with Crippen LogP contribution in [0.2, 0.25) is 0 Å². The molecule has 0 aliphatic heterocycles. The molecule has 0 N–H and O–H groups in total. The molecular weight excluding hydrogens is 335 g/mol. The van der Waals surface area contributed by atoms with Gasteiger partial charge in [-0.15, -0.1) is 0 Å². The van der Waals surface area contributed by atoms with Crippen molar-refractivity contribution in [3.63, 3.8) is 0 Å². The van der Waals surface area contributed by atoms with Gasteiger partial charge >= 0.3 is 0 Å². The van der Waals surface area contributed by atoms with Crippen LogP contribution >= 0.6 is 7.14 Å². The molecule has 0 bridgehead atoms. The molecule has 2 heteroatoms. The number of hydrogen-bond acceptors (Lipinski definition) is 1.